The number of aliphatic hydroxyl groups is 2. The van der Waals surface area contributed by atoms with Crippen LogP contribution in [0.4, 0.5) is 0 Å². The molecule has 0 aromatic carbocycles. The van der Waals surface area contributed by atoms with Crippen LogP contribution in [0.25, 0.3) is 0 Å². The van der Waals surface area contributed by atoms with Gasteiger partial charge in [-0.3, -0.25) is 9.59 Å². The maximum Gasteiger partial charge on any atom is 0.305 e. The van der Waals surface area contributed by atoms with Crippen LogP contribution in [0, 0.1) is 0 Å². The second-order valence-corrected chi connectivity index (χ2v) is 19.6. The van der Waals surface area contributed by atoms with Gasteiger partial charge in [-0.15, -0.1) is 0 Å². The molecule has 0 fully saturated rings. The SMILES string of the molecule is CCCCCCCCC/C=C/C(O)C(CO)NC(=O)CCCCCCCCCCCCCCCCCCCCCCCCOC(=O)CCCCCCCCCCCCCCCCC. The first-order chi connectivity index (χ1) is 31.0. The topological polar surface area (TPSA) is 95.9 Å². The molecule has 1 amide bonds. The van der Waals surface area contributed by atoms with E-state index in [0.717, 1.165) is 38.5 Å². The minimum atomic E-state index is -0.841. The third kappa shape index (κ3) is 49.9. The standard InChI is InChI=1S/C57H111NO5/c1-3-5-7-9-11-13-14-15-24-28-31-35-39-43-47-51-57(62)63-52-48-44-40-36-32-29-26-23-21-19-17-16-18-20-22-25-27-30-34-38-42-46-50-56(61)58-54(53-59)55(60)49-45-41-37-33-12-10-8-6-4-2/h45,49,54-55,59-60H,3-44,46-48,50-53H2,1-2H3,(H,58,61)/b49-45+. The Morgan fingerprint density at radius 1 is 0.429 bits per heavy atom. The van der Waals surface area contributed by atoms with Crippen molar-refractivity contribution in [1.29, 1.82) is 0 Å². The highest BCUT2D eigenvalue weighted by atomic mass is 16.5. The number of esters is 1. The summed E-state index contributed by atoms with van der Waals surface area (Å²) in [5, 5.41) is 22.9. The van der Waals surface area contributed by atoms with Gasteiger partial charge in [0.1, 0.15) is 0 Å². The fourth-order valence-electron chi connectivity index (χ4n) is 8.93. The molecule has 0 bridgehead atoms. The quantitative estimate of drug-likeness (QED) is 0.0321. The lowest BCUT2D eigenvalue weighted by molar-refractivity contribution is -0.143. The Morgan fingerprint density at radius 3 is 1.08 bits per heavy atom. The van der Waals surface area contributed by atoms with Gasteiger partial charge in [-0.25, -0.2) is 0 Å². The number of hydrogen-bond donors (Lipinski definition) is 3. The predicted molar refractivity (Wildman–Crippen MR) is 273 cm³/mol. The van der Waals surface area contributed by atoms with Crippen molar-refractivity contribution in [3.63, 3.8) is 0 Å². The molecule has 3 N–H and O–H groups in total. The van der Waals surface area contributed by atoms with E-state index < -0.39 is 12.1 Å². The molecule has 0 aliphatic rings. The van der Waals surface area contributed by atoms with Crippen LogP contribution in [0.15, 0.2) is 12.2 Å². The number of rotatable bonds is 53. The highest BCUT2D eigenvalue weighted by Crippen LogP contribution is 2.17. The van der Waals surface area contributed by atoms with Crippen molar-refractivity contribution in [3.8, 4) is 0 Å². The molecular formula is C57H111NO5. The summed E-state index contributed by atoms with van der Waals surface area (Å²) >= 11 is 0. The highest BCUT2D eigenvalue weighted by molar-refractivity contribution is 5.76. The van der Waals surface area contributed by atoms with E-state index in [-0.39, 0.29) is 18.5 Å². The maximum atomic E-state index is 12.4. The minimum Gasteiger partial charge on any atom is -0.466 e. The molecule has 0 saturated heterocycles. The van der Waals surface area contributed by atoms with E-state index in [1.54, 1.807) is 6.08 Å². The second-order valence-electron chi connectivity index (χ2n) is 19.6. The molecule has 0 spiro atoms. The molecular weight excluding hydrogens is 779 g/mol. The van der Waals surface area contributed by atoms with Gasteiger partial charge in [0.15, 0.2) is 0 Å². The number of aliphatic hydroxyl groups excluding tert-OH is 2. The number of carbonyl (C=O) groups excluding carboxylic acids is 2. The zero-order chi connectivity index (χ0) is 45.8. The number of nitrogens with one attached hydrogen (secondary N) is 1. The van der Waals surface area contributed by atoms with Crippen molar-refractivity contribution >= 4 is 11.9 Å². The van der Waals surface area contributed by atoms with Gasteiger partial charge in [0.05, 0.1) is 25.4 Å². The molecule has 2 unspecified atom stereocenters. The van der Waals surface area contributed by atoms with Gasteiger partial charge in [0.2, 0.25) is 5.91 Å². The van der Waals surface area contributed by atoms with E-state index >= 15 is 0 Å². The monoisotopic (exact) mass is 890 g/mol. The van der Waals surface area contributed by atoms with Gasteiger partial charge in [-0.1, -0.05) is 283 Å². The van der Waals surface area contributed by atoms with Crippen molar-refractivity contribution in [1.82, 2.24) is 5.32 Å². The van der Waals surface area contributed by atoms with E-state index in [0.29, 0.717) is 19.4 Å². The molecule has 0 aliphatic heterocycles. The summed E-state index contributed by atoms with van der Waals surface area (Å²) in [4.78, 5) is 24.4. The molecule has 6 heteroatoms. The normalized spacial score (nSPS) is 12.6. The van der Waals surface area contributed by atoms with E-state index in [4.69, 9.17) is 4.74 Å². The zero-order valence-electron chi connectivity index (χ0n) is 42.6. The summed E-state index contributed by atoms with van der Waals surface area (Å²) in [6, 6.07) is -0.624. The fraction of sp³-hybridized carbons (Fsp3) is 0.930. The number of allylic oxidation sites excluding steroid dienone is 1. The smallest absolute Gasteiger partial charge is 0.305 e. The van der Waals surface area contributed by atoms with Gasteiger partial charge < -0.3 is 20.3 Å². The van der Waals surface area contributed by atoms with Crippen molar-refractivity contribution < 1.29 is 24.5 Å². The summed E-state index contributed by atoms with van der Waals surface area (Å²) < 4.78 is 5.49. The molecule has 0 aliphatic carbocycles. The molecule has 2 atom stereocenters. The van der Waals surface area contributed by atoms with Crippen molar-refractivity contribution in [2.75, 3.05) is 13.2 Å². The fourth-order valence-corrected chi connectivity index (χ4v) is 8.93. The Kier molecular flexibility index (Phi) is 52.0. The van der Waals surface area contributed by atoms with Gasteiger partial charge in [-0.2, -0.15) is 0 Å². The summed E-state index contributed by atoms with van der Waals surface area (Å²) in [5.74, 6) is -0.0542. The minimum absolute atomic E-state index is 0.0157. The van der Waals surface area contributed by atoms with E-state index in [1.165, 1.54) is 250 Å². The second kappa shape index (κ2) is 53.2. The van der Waals surface area contributed by atoms with E-state index in [1.807, 2.05) is 6.08 Å². The van der Waals surface area contributed by atoms with Gasteiger partial charge in [0, 0.05) is 12.8 Å². The molecule has 0 rings (SSSR count). The number of carbonyl (C=O) groups is 2. The number of unbranched alkanes of at least 4 members (excludes halogenated alkanes) is 42. The highest BCUT2D eigenvalue weighted by Gasteiger charge is 2.18. The average Bonchev–Trinajstić information content (AvgIpc) is 3.28. The Hall–Kier alpha value is -1.40. The van der Waals surface area contributed by atoms with Crippen LogP contribution < -0.4 is 5.32 Å². The molecule has 0 aromatic rings. The Morgan fingerprint density at radius 2 is 0.730 bits per heavy atom. The summed E-state index contributed by atoms with van der Waals surface area (Å²) in [5.41, 5.74) is 0. The summed E-state index contributed by atoms with van der Waals surface area (Å²) in [7, 11) is 0. The lowest BCUT2D eigenvalue weighted by Gasteiger charge is -2.20. The van der Waals surface area contributed by atoms with Crippen LogP contribution >= 0.6 is 0 Å². The van der Waals surface area contributed by atoms with Crippen LogP contribution in [0.5, 0.6) is 0 Å². The van der Waals surface area contributed by atoms with Crippen LogP contribution in [0.1, 0.15) is 316 Å². The molecule has 6 nitrogen and oxygen atoms in total. The van der Waals surface area contributed by atoms with Crippen LogP contribution in [0.3, 0.4) is 0 Å². The Labute approximate surface area is 393 Å². The third-order valence-electron chi connectivity index (χ3n) is 13.3. The zero-order valence-corrected chi connectivity index (χ0v) is 42.6. The van der Waals surface area contributed by atoms with Gasteiger partial charge in [0.25, 0.3) is 0 Å². The van der Waals surface area contributed by atoms with E-state index in [2.05, 4.69) is 19.2 Å². The third-order valence-corrected chi connectivity index (χ3v) is 13.3. The number of hydrogen-bond acceptors (Lipinski definition) is 5. The molecule has 0 saturated carbocycles. The van der Waals surface area contributed by atoms with Gasteiger partial charge >= 0.3 is 5.97 Å². The molecule has 0 aromatic heterocycles. The van der Waals surface area contributed by atoms with Crippen LogP contribution in [-0.4, -0.2) is 47.4 Å². The summed E-state index contributed by atoms with van der Waals surface area (Å²) in [6.45, 7) is 4.89. The summed E-state index contributed by atoms with van der Waals surface area (Å²) in [6.07, 6.45) is 62.5. The van der Waals surface area contributed by atoms with Crippen molar-refractivity contribution in [2.45, 2.75) is 328 Å². The van der Waals surface area contributed by atoms with Crippen molar-refractivity contribution in [2.24, 2.45) is 0 Å². The number of ether oxygens (including phenoxy) is 1. The average molecular weight is 891 g/mol. The lowest BCUT2D eigenvalue weighted by Crippen LogP contribution is -2.45. The van der Waals surface area contributed by atoms with E-state index in [9.17, 15) is 19.8 Å². The van der Waals surface area contributed by atoms with Crippen molar-refractivity contribution in [3.05, 3.63) is 12.2 Å². The van der Waals surface area contributed by atoms with Crippen LogP contribution in [0.2, 0.25) is 0 Å². The first kappa shape index (κ1) is 61.6. The molecule has 0 radical (unpaired) electrons. The first-order valence-electron chi connectivity index (χ1n) is 28.5. The molecule has 63 heavy (non-hydrogen) atoms. The molecule has 374 valence electrons. The molecule has 0 heterocycles. The predicted octanol–water partition coefficient (Wildman–Crippen LogP) is 17.3. The first-order valence-corrected chi connectivity index (χ1v) is 28.5. The Bertz CT molecular complexity index is 939. The Balaban J connectivity index is 3.34. The lowest BCUT2D eigenvalue weighted by atomic mass is 10.0. The number of amides is 1. The maximum absolute atomic E-state index is 12.4. The van der Waals surface area contributed by atoms with Crippen LogP contribution in [-0.2, 0) is 14.3 Å². The van der Waals surface area contributed by atoms with Gasteiger partial charge in [-0.05, 0) is 32.1 Å². The largest absolute Gasteiger partial charge is 0.466 e.